The molecule has 1 atom stereocenters. The van der Waals surface area contributed by atoms with Crippen molar-refractivity contribution in [1.82, 2.24) is 10.3 Å². The zero-order valence-electron chi connectivity index (χ0n) is 11.0. The number of H-pyrrole nitrogens is 1. The standard InChI is InChI=1S/C14H16F2N2O2/c1-14(20,13(15)16)8-17-7-9-6-12(19)10-4-2-3-5-11(10)18-9/h2-6,13,17,20H,7-8H2,1H3,(H,18,19). The lowest BCUT2D eigenvalue weighted by Crippen LogP contribution is -2.43. The van der Waals surface area contributed by atoms with Crippen LogP contribution in [0.4, 0.5) is 8.78 Å². The lowest BCUT2D eigenvalue weighted by atomic mass is 10.1. The summed E-state index contributed by atoms with van der Waals surface area (Å²) < 4.78 is 24.9. The second kappa shape index (κ2) is 5.68. The number of aromatic nitrogens is 1. The van der Waals surface area contributed by atoms with E-state index in [0.29, 0.717) is 16.6 Å². The molecule has 0 saturated carbocycles. The van der Waals surface area contributed by atoms with E-state index in [9.17, 15) is 18.7 Å². The summed E-state index contributed by atoms with van der Waals surface area (Å²) in [7, 11) is 0. The van der Waals surface area contributed by atoms with E-state index in [-0.39, 0.29) is 18.5 Å². The average molecular weight is 282 g/mol. The molecular formula is C14H16F2N2O2. The molecule has 6 heteroatoms. The molecule has 1 heterocycles. The van der Waals surface area contributed by atoms with Gasteiger partial charge in [-0.3, -0.25) is 4.79 Å². The fraction of sp³-hybridized carbons (Fsp3) is 0.357. The van der Waals surface area contributed by atoms with Crippen LogP contribution in [0, 0.1) is 0 Å². The van der Waals surface area contributed by atoms with E-state index in [1.165, 1.54) is 6.07 Å². The van der Waals surface area contributed by atoms with Gasteiger partial charge in [0.25, 0.3) is 6.43 Å². The van der Waals surface area contributed by atoms with Gasteiger partial charge in [-0.1, -0.05) is 12.1 Å². The van der Waals surface area contributed by atoms with Crippen LogP contribution in [0.1, 0.15) is 12.6 Å². The lowest BCUT2D eigenvalue weighted by Gasteiger charge is -2.22. The fourth-order valence-corrected chi connectivity index (χ4v) is 1.87. The Labute approximate surface area is 114 Å². The first kappa shape index (κ1) is 14.6. The van der Waals surface area contributed by atoms with Crippen molar-refractivity contribution in [3.63, 3.8) is 0 Å². The van der Waals surface area contributed by atoms with Gasteiger partial charge in [0.05, 0.1) is 0 Å². The first-order valence-corrected chi connectivity index (χ1v) is 6.22. The number of rotatable bonds is 5. The highest BCUT2D eigenvalue weighted by molar-refractivity contribution is 5.78. The van der Waals surface area contributed by atoms with Crippen LogP contribution in [0.3, 0.4) is 0 Å². The van der Waals surface area contributed by atoms with Crippen LogP contribution in [0.25, 0.3) is 10.9 Å². The van der Waals surface area contributed by atoms with Gasteiger partial charge in [-0.2, -0.15) is 0 Å². The normalized spacial score (nSPS) is 14.7. The summed E-state index contributed by atoms with van der Waals surface area (Å²) in [5.41, 5.74) is -0.940. The Kier molecular flexibility index (Phi) is 4.15. The smallest absolute Gasteiger partial charge is 0.267 e. The van der Waals surface area contributed by atoms with Crippen molar-refractivity contribution in [3.05, 3.63) is 46.2 Å². The van der Waals surface area contributed by atoms with E-state index in [0.717, 1.165) is 6.92 Å². The third-order valence-corrected chi connectivity index (χ3v) is 3.06. The quantitative estimate of drug-likeness (QED) is 0.781. The van der Waals surface area contributed by atoms with E-state index in [1.54, 1.807) is 24.3 Å². The Balaban J connectivity index is 2.10. The maximum Gasteiger partial charge on any atom is 0.267 e. The molecule has 1 aromatic heterocycles. The Morgan fingerprint density at radius 1 is 1.40 bits per heavy atom. The number of nitrogens with one attached hydrogen (secondary N) is 2. The van der Waals surface area contributed by atoms with Crippen molar-refractivity contribution in [2.45, 2.75) is 25.5 Å². The van der Waals surface area contributed by atoms with Crippen molar-refractivity contribution < 1.29 is 13.9 Å². The van der Waals surface area contributed by atoms with Crippen molar-refractivity contribution in [2.24, 2.45) is 0 Å². The van der Waals surface area contributed by atoms with Gasteiger partial charge in [-0.15, -0.1) is 0 Å². The molecule has 20 heavy (non-hydrogen) atoms. The van der Waals surface area contributed by atoms with Gasteiger partial charge in [-0.25, -0.2) is 8.78 Å². The zero-order valence-corrected chi connectivity index (χ0v) is 11.0. The van der Waals surface area contributed by atoms with E-state index in [4.69, 9.17) is 0 Å². The zero-order chi connectivity index (χ0) is 14.8. The second-order valence-corrected chi connectivity index (χ2v) is 4.97. The van der Waals surface area contributed by atoms with E-state index in [1.807, 2.05) is 0 Å². The molecule has 0 spiro atoms. The van der Waals surface area contributed by atoms with Gasteiger partial charge in [0, 0.05) is 35.8 Å². The number of pyridine rings is 1. The minimum atomic E-state index is -2.83. The summed E-state index contributed by atoms with van der Waals surface area (Å²) in [6.45, 7) is 0.996. The number of halogens is 2. The van der Waals surface area contributed by atoms with E-state index < -0.39 is 12.0 Å². The fourth-order valence-electron chi connectivity index (χ4n) is 1.87. The van der Waals surface area contributed by atoms with E-state index >= 15 is 0 Å². The van der Waals surface area contributed by atoms with Gasteiger partial charge in [0.15, 0.2) is 5.43 Å². The molecule has 1 aromatic carbocycles. The summed E-state index contributed by atoms with van der Waals surface area (Å²) in [6.07, 6.45) is -2.83. The molecule has 4 nitrogen and oxygen atoms in total. The highest BCUT2D eigenvalue weighted by Gasteiger charge is 2.31. The van der Waals surface area contributed by atoms with Crippen LogP contribution in [-0.2, 0) is 6.54 Å². The summed E-state index contributed by atoms with van der Waals surface area (Å²) in [4.78, 5) is 14.9. The van der Waals surface area contributed by atoms with Crippen molar-refractivity contribution in [2.75, 3.05) is 6.54 Å². The maximum absolute atomic E-state index is 12.5. The highest BCUT2D eigenvalue weighted by Crippen LogP contribution is 2.13. The molecule has 0 aliphatic rings. The Hall–Kier alpha value is -1.79. The van der Waals surface area contributed by atoms with Crippen LogP contribution in [-0.4, -0.2) is 28.7 Å². The Morgan fingerprint density at radius 2 is 2.10 bits per heavy atom. The van der Waals surface area contributed by atoms with Crippen LogP contribution in [0.15, 0.2) is 35.1 Å². The molecule has 2 aromatic rings. The molecular weight excluding hydrogens is 266 g/mol. The molecule has 108 valence electrons. The largest absolute Gasteiger partial charge is 0.383 e. The third kappa shape index (κ3) is 3.20. The van der Waals surface area contributed by atoms with Gasteiger partial charge in [0.2, 0.25) is 0 Å². The molecule has 1 unspecified atom stereocenters. The summed E-state index contributed by atoms with van der Waals surface area (Å²) in [5.74, 6) is 0. The van der Waals surface area contributed by atoms with Gasteiger partial charge in [0.1, 0.15) is 5.60 Å². The third-order valence-electron chi connectivity index (χ3n) is 3.06. The molecule has 0 fully saturated rings. The number of hydrogen-bond donors (Lipinski definition) is 3. The van der Waals surface area contributed by atoms with E-state index in [2.05, 4.69) is 10.3 Å². The number of aromatic amines is 1. The molecule has 0 saturated heterocycles. The molecule has 0 amide bonds. The van der Waals surface area contributed by atoms with Gasteiger partial charge < -0.3 is 15.4 Å². The van der Waals surface area contributed by atoms with Gasteiger partial charge in [-0.05, 0) is 19.1 Å². The minimum absolute atomic E-state index is 0.128. The monoisotopic (exact) mass is 282 g/mol. The van der Waals surface area contributed by atoms with Crippen LogP contribution < -0.4 is 10.7 Å². The first-order chi connectivity index (χ1) is 9.40. The minimum Gasteiger partial charge on any atom is -0.383 e. The predicted octanol–water partition coefficient (Wildman–Crippen LogP) is 1.63. The Morgan fingerprint density at radius 3 is 2.80 bits per heavy atom. The number of aliphatic hydroxyl groups is 1. The van der Waals surface area contributed by atoms with Crippen LogP contribution >= 0.6 is 0 Å². The maximum atomic E-state index is 12.5. The summed E-state index contributed by atoms with van der Waals surface area (Å²) in [6, 6.07) is 8.49. The van der Waals surface area contributed by atoms with Crippen molar-refractivity contribution in [3.8, 4) is 0 Å². The summed E-state index contributed by atoms with van der Waals surface area (Å²) in [5, 5.41) is 12.7. The highest BCUT2D eigenvalue weighted by atomic mass is 19.3. The SMILES string of the molecule is CC(O)(CNCc1cc(=O)c2ccccc2[nH]1)C(F)F. The number of para-hydroxylation sites is 1. The van der Waals surface area contributed by atoms with Crippen molar-refractivity contribution in [1.29, 1.82) is 0 Å². The molecule has 2 rings (SSSR count). The molecule has 3 N–H and O–H groups in total. The van der Waals surface area contributed by atoms with Gasteiger partial charge >= 0.3 is 0 Å². The molecule has 0 radical (unpaired) electrons. The topological polar surface area (TPSA) is 65.1 Å². The average Bonchev–Trinajstić information content (AvgIpc) is 2.38. The van der Waals surface area contributed by atoms with Crippen LogP contribution in [0.5, 0.6) is 0 Å². The molecule has 0 aliphatic heterocycles. The second-order valence-electron chi connectivity index (χ2n) is 4.97. The molecule has 0 bridgehead atoms. The molecule has 0 aliphatic carbocycles. The summed E-state index contributed by atoms with van der Waals surface area (Å²) >= 11 is 0. The van der Waals surface area contributed by atoms with Crippen LogP contribution in [0.2, 0.25) is 0 Å². The Bertz CT molecular complexity index is 653. The number of benzene rings is 1. The van der Waals surface area contributed by atoms with Crippen molar-refractivity contribution >= 4 is 10.9 Å². The number of fused-ring (bicyclic) bond motifs is 1. The first-order valence-electron chi connectivity index (χ1n) is 6.22. The number of hydrogen-bond acceptors (Lipinski definition) is 3. The lowest BCUT2D eigenvalue weighted by molar-refractivity contribution is -0.0809. The predicted molar refractivity (Wildman–Crippen MR) is 72.9 cm³/mol. The number of alkyl halides is 2.